The fourth-order valence-electron chi connectivity index (χ4n) is 2.36. The van der Waals surface area contributed by atoms with Crippen molar-refractivity contribution in [3.05, 3.63) is 29.8 Å². The minimum Gasteiger partial charge on any atom is -0.434 e. The summed E-state index contributed by atoms with van der Waals surface area (Å²) in [5.74, 6) is 0. The Kier molecular flexibility index (Phi) is 12.3. The molecule has 28 heavy (non-hydrogen) atoms. The van der Waals surface area contributed by atoms with Crippen molar-refractivity contribution in [2.45, 2.75) is 46.5 Å². The minimum absolute atomic E-state index is 0.180. The zero-order chi connectivity index (χ0) is 20.6. The van der Waals surface area contributed by atoms with E-state index in [4.69, 9.17) is 18.9 Å². The van der Waals surface area contributed by atoms with Gasteiger partial charge in [0.15, 0.2) is 0 Å². The Morgan fingerprint density at radius 2 is 1.32 bits per heavy atom. The molecule has 0 aliphatic heterocycles. The molecule has 0 unspecified atom stereocenters. The van der Waals surface area contributed by atoms with Crippen LogP contribution in [0.1, 0.15) is 45.1 Å². The summed E-state index contributed by atoms with van der Waals surface area (Å²) in [6, 6.07) is 7.95. The van der Waals surface area contributed by atoms with Crippen molar-refractivity contribution in [3.63, 3.8) is 0 Å². The van der Waals surface area contributed by atoms with E-state index < -0.39 is 12.3 Å². The van der Waals surface area contributed by atoms with Crippen LogP contribution in [0.25, 0.3) is 0 Å². The number of hydrogen-bond donors (Lipinski definition) is 0. The van der Waals surface area contributed by atoms with Gasteiger partial charge in [-0.15, -0.1) is 0 Å². The third-order valence-electron chi connectivity index (χ3n) is 3.96. The first-order valence-corrected chi connectivity index (χ1v) is 9.97. The van der Waals surface area contributed by atoms with Gasteiger partial charge in [0.25, 0.3) is 0 Å². The van der Waals surface area contributed by atoms with Crippen molar-refractivity contribution in [1.82, 2.24) is 0 Å². The van der Waals surface area contributed by atoms with Crippen molar-refractivity contribution < 1.29 is 28.5 Å². The van der Waals surface area contributed by atoms with Gasteiger partial charge in [0, 0.05) is 5.69 Å². The van der Waals surface area contributed by atoms with Crippen molar-refractivity contribution >= 4 is 18.0 Å². The molecular weight excluding hydrogens is 362 g/mol. The predicted octanol–water partition coefficient (Wildman–Crippen LogP) is 4.71. The lowest BCUT2D eigenvalue weighted by molar-refractivity contribution is 0.0537. The number of rotatable bonds is 13. The first-order chi connectivity index (χ1) is 13.6. The maximum Gasteiger partial charge on any atom is 0.508 e. The predicted molar refractivity (Wildman–Crippen MR) is 108 cm³/mol. The van der Waals surface area contributed by atoms with Gasteiger partial charge in [0.05, 0.1) is 26.3 Å². The fraction of sp³-hybridized carbons (Fsp3) is 0.619. The SMILES string of the molecule is CCCCOC(=O)OCCN(CCOC(=O)OCCCC)c1cccc(C)c1. The van der Waals surface area contributed by atoms with Crippen LogP contribution in [0.5, 0.6) is 0 Å². The Bertz CT molecular complexity index is 550. The summed E-state index contributed by atoms with van der Waals surface area (Å²) in [6.45, 7) is 8.06. The number of carbonyl (C=O) groups is 2. The molecule has 0 aliphatic carbocycles. The number of ether oxygens (including phenoxy) is 4. The highest BCUT2D eigenvalue weighted by molar-refractivity contribution is 5.60. The van der Waals surface area contributed by atoms with Gasteiger partial charge in [-0.3, -0.25) is 0 Å². The maximum atomic E-state index is 11.6. The molecule has 0 aromatic heterocycles. The third-order valence-corrected chi connectivity index (χ3v) is 3.96. The molecule has 0 saturated carbocycles. The van der Waals surface area contributed by atoms with Gasteiger partial charge >= 0.3 is 12.3 Å². The highest BCUT2D eigenvalue weighted by Gasteiger charge is 2.11. The van der Waals surface area contributed by atoms with Gasteiger partial charge < -0.3 is 23.8 Å². The molecule has 0 radical (unpaired) electrons. The average Bonchev–Trinajstić information content (AvgIpc) is 2.67. The third kappa shape index (κ3) is 10.6. The molecule has 158 valence electrons. The summed E-state index contributed by atoms with van der Waals surface area (Å²) in [5.41, 5.74) is 2.08. The molecule has 0 saturated heterocycles. The van der Waals surface area contributed by atoms with E-state index in [9.17, 15) is 9.59 Å². The lowest BCUT2D eigenvalue weighted by atomic mass is 10.2. The van der Waals surface area contributed by atoms with Gasteiger partial charge in [0.2, 0.25) is 0 Å². The van der Waals surface area contributed by atoms with Crippen molar-refractivity contribution in [3.8, 4) is 0 Å². The summed E-state index contributed by atoms with van der Waals surface area (Å²) in [5, 5.41) is 0. The number of anilines is 1. The zero-order valence-electron chi connectivity index (χ0n) is 17.3. The fourth-order valence-corrected chi connectivity index (χ4v) is 2.36. The van der Waals surface area contributed by atoms with Gasteiger partial charge in [-0.2, -0.15) is 0 Å². The van der Waals surface area contributed by atoms with E-state index in [0.717, 1.165) is 36.9 Å². The lowest BCUT2D eigenvalue weighted by Crippen LogP contribution is -2.32. The largest absolute Gasteiger partial charge is 0.508 e. The van der Waals surface area contributed by atoms with Gasteiger partial charge in [-0.25, -0.2) is 9.59 Å². The van der Waals surface area contributed by atoms with E-state index in [1.165, 1.54) is 0 Å². The molecule has 0 spiro atoms. The van der Waals surface area contributed by atoms with Crippen LogP contribution in [0.15, 0.2) is 24.3 Å². The van der Waals surface area contributed by atoms with Gasteiger partial charge in [0.1, 0.15) is 13.2 Å². The first kappa shape index (κ1) is 23.6. The number of benzene rings is 1. The monoisotopic (exact) mass is 395 g/mol. The van der Waals surface area contributed by atoms with E-state index in [0.29, 0.717) is 26.3 Å². The summed E-state index contributed by atoms with van der Waals surface area (Å²) in [4.78, 5) is 25.1. The molecule has 0 N–H and O–H groups in total. The van der Waals surface area contributed by atoms with Crippen LogP contribution in [0.2, 0.25) is 0 Å². The second-order valence-electron chi connectivity index (χ2n) is 6.43. The molecule has 1 aromatic carbocycles. The Balaban J connectivity index is 2.47. The number of unbranched alkanes of at least 4 members (excludes halogenated alkanes) is 2. The molecular formula is C21H33NO6. The highest BCUT2D eigenvalue weighted by atomic mass is 16.7. The topological polar surface area (TPSA) is 74.3 Å². The second-order valence-corrected chi connectivity index (χ2v) is 6.43. The van der Waals surface area contributed by atoms with Gasteiger partial charge in [-0.05, 0) is 37.5 Å². The normalized spacial score (nSPS) is 10.2. The Labute approximate surface area is 167 Å². The Morgan fingerprint density at radius 3 is 1.79 bits per heavy atom. The maximum absolute atomic E-state index is 11.6. The molecule has 1 aromatic rings. The standard InChI is InChI=1S/C21H33NO6/c1-4-6-13-25-20(23)27-15-11-22(19-10-8-9-18(3)17-19)12-16-28-21(24)26-14-7-5-2/h8-10,17H,4-7,11-16H2,1-3H3. The molecule has 0 amide bonds. The zero-order valence-corrected chi connectivity index (χ0v) is 17.3. The van der Waals surface area contributed by atoms with E-state index in [2.05, 4.69) is 0 Å². The van der Waals surface area contributed by atoms with Crippen LogP contribution in [-0.4, -0.2) is 51.8 Å². The number of hydrogen-bond acceptors (Lipinski definition) is 7. The van der Waals surface area contributed by atoms with Crippen LogP contribution in [0.3, 0.4) is 0 Å². The van der Waals surface area contributed by atoms with Gasteiger partial charge in [-0.1, -0.05) is 38.8 Å². The average molecular weight is 395 g/mol. The number of carbonyl (C=O) groups excluding carboxylic acids is 2. The van der Waals surface area contributed by atoms with E-state index in [1.54, 1.807) is 0 Å². The Hall–Kier alpha value is -2.44. The van der Waals surface area contributed by atoms with Crippen LogP contribution in [-0.2, 0) is 18.9 Å². The van der Waals surface area contributed by atoms with E-state index >= 15 is 0 Å². The lowest BCUT2D eigenvalue weighted by Gasteiger charge is -2.24. The molecule has 1 rings (SSSR count). The van der Waals surface area contributed by atoms with Crippen LogP contribution < -0.4 is 4.90 Å². The molecule has 0 heterocycles. The summed E-state index contributed by atoms with van der Waals surface area (Å²) < 4.78 is 20.2. The quantitative estimate of drug-likeness (QED) is 0.354. The number of nitrogens with zero attached hydrogens (tertiary/aromatic N) is 1. The van der Waals surface area contributed by atoms with Crippen molar-refractivity contribution in [2.75, 3.05) is 44.4 Å². The minimum atomic E-state index is -0.659. The summed E-state index contributed by atoms with van der Waals surface area (Å²) in [7, 11) is 0. The molecule has 7 nitrogen and oxygen atoms in total. The number of aryl methyl sites for hydroxylation is 1. The van der Waals surface area contributed by atoms with E-state index in [1.807, 2.05) is 49.9 Å². The molecule has 0 bridgehead atoms. The van der Waals surface area contributed by atoms with Crippen LogP contribution in [0.4, 0.5) is 15.3 Å². The smallest absolute Gasteiger partial charge is 0.434 e. The first-order valence-electron chi connectivity index (χ1n) is 9.97. The molecule has 0 aliphatic rings. The second kappa shape index (κ2) is 14.6. The van der Waals surface area contributed by atoms with Crippen LogP contribution >= 0.6 is 0 Å². The molecule has 7 heteroatoms. The van der Waals surface area contributed by atoms with Crippen molar-refractivity contribution in [1.29, 1.82) is 0 Å². The summed E-state index contributed by atoms with van der Waals surface area (Å²) in [6.07, 6.45) is 2.22. The Morgan fingerprint density at radius 1 is 0.821 bits per heavy atom. The summed E-state index contributed by atoms with van der Waals surface area (Å²) >= 11 is 0. The highest BCUT2D eigenvalue weighted by Crippen LogP contribution is 2.15. The van der Waals surface area contributed by atoms with Crippen molar-refractivity contribution in [2.24, 2.45) is 0 Å². The van der Waals surface area contributed by atoms with E-state index in [-0.39, 0.29) is 13.2 Å². The molecule has 0 atom stereocenters. The molecule has 0 fully saturated rings. The van der Waals surface area contributed by atoms with Crippen LogP contribution in [0, 0.1) is 6.92 Å².